The van der Waals surface area contributed by atoms with Gasteiger partial charge in [0.05, 0.1) is 18.8 Å². The maximum Gasteiger partial charge on any atom is 0.320 e. The summed E-state index contributed by atoms with van der Waals surface area (Å²) in [6.07, 6.45) is 4.89. The van der Waals surface area contributed by atoms with Crippen molar-refractivity contribution in [3.05, 3.63) is 0 Å². The summed E-state index contributed by atoms with van der Waals surface area (Å²) in [4.78, 5) is 48.6. The van der Waals surface area contributed by atoms with Crippen LogP contribution in [0.5, 0.6) is 0 Å². The molecule has 0 radical (unpaired) electrons. The fourth-order valence-electron chi connectivity index (χ4n) is 3.88. The molecule has 7 nitrogen and oxygen atoms in total. The molecule has 0 saturated heterocycles. The number of ether oxygens (including phenoxy) is 3. The summed E-state index contributed by atoms with van der Waals surface area (Å²) in [7, 11) is 2.10. The van der Waals surface area contributed by atoms with Crippen LogP contribution in [0.2, 0.25) is 0 Å². The molecule has 2 fully saturated rings. The minimum atomic E-state index is -0.971. The summed E-state index contributed by atoms with van der Waals surface area (Å²) >= 11 is 0. The molecule has 0 aromatic heterocycles. The molecule has 176 valence electrons. The van der Waals surface area contributed by atoms with Gasteiger partial charge in [0.2, 0.25) is 0 Å². The first-order valence-corrected chi connectivity index (χ1v) is 11.7. The summed E-state index contributed by atoms with van der Waals surface area (Å²) in [5, 5.41) is 0. The van der Waals surface area contributed by atoms with Gasteiger partial charge in [0.25, 0.3) is 0 Å². The van der Waals surface area contributed by atoms with Crippen LogP contribution in [0.15, 0.2) is 0 Å². The van der Waals surface area contributed by atoms with Gasteiger partial charge in [-0.25, -0.2) is 0 Å². The van der Waals surface area contributed by atoms with Crippen LogP contribution < -0.4 is 0 Å². The monoisotopic (exact) mass is 456 g/mol. The van der Waals surface area contributed by atoms with Gasteiger partial charge in [-0.3, -0.25) is 19.2 Å². The molecule has 0 aromatic rings. The molecular formula is C23H37O7P. The third kappa shape index (κ3) is 5.92. The van der Waals surface area contributed by atoms with E-state index < -0.39 is 34.0 Å². The molecule has 1 unspecified atom stereocenters. The summed E-state index contributed by atoms with van der Waals surface area (Å²) < 4.78 is 17.0. The molecule has 0 N–H and O–H groups in total. The predicted molar refractivity (Wildman–Crippen MR) is 118 cm³/mol. The second kappa shape index (κ2) is 9.66. The van der Waals surface area contributed by atoms with Crippen molar-refractivity contribution in [1.82, 2.24) is 0 Å². The van der Waals surface area contributed by atoms with E-state index in [1.807, 2.05) is 27.7 Å². The summed E-state index contributed by atoms with van der Waals surface area (Å²) in [6.45, 7) is 9.40. The van der Waals surface area contributed by atoms with Gasteiger partial charge in [-0.1, -0.05) is 22.1 Å². The number of hydrogen-bond acceptors (Lipinski definition) is 7. The van der Waals surface area contributed by atoms with Crippen molar-refractivity contribution in [3.8, 4) is 0 Å². The van der Waals surface area contributed by atoms with Crippen LogP contribution in [-0.4, -0.2) is 47.7 Å². The number of carbonyl (C=O) groups is 4. The predicted octanol–water partition coefficient (Wildman–Crippen LogP) is 3.76. The molecule has 1 atom stereocenters. The molecule has 0 bridgehead atoms. The molecule has 0 aliphatic heterocycles. The van der Waals surface area contributed by atoms with Crippen molar-refractivity contribution < 1.29 is 33.4 Å². The molecular weight excluding hydrogens is 419 g/mol. The summed E-state index contributed by atoms with van der Waals surface area (Å²) in [5.41, 5.74) is -3.44. The number of carbonyl (C=O) groups excluding carboxylic acids is 4. The Balaban J connectivity index is 1.74. The fraction of sp³-hybridized carbons (Fsp3) is 0.826. The highest BCUT2D eigenvalue weighted by atomic mass is 31.0. The number of Topliss-reactive ketones (excluding diaryl/α,β-unsaturated/α-hetero) is 1. The van der Waals surface area contributed by atoms with Gasteiger partial charge in [-0.2, -0.15) is 0 Å². The van der Waals surface area contributed by atoms with E-state index in [-0.39, 0.29) is 17.9 Å². The molecule has 0 amide bonds. The first-order valence-electron chi connectivity index (χ1n) is 11.1. The summed E-state index contributed by atoms with van der Waals surface area (Å²) in [5.74, 6) is -1.01. The van der Waals surface area contributed by atoms with Crippen LogP contribution in [0.25, 0.3) is 0 Å². The summed E-state index contributed by atoms with van der Waals surface area (Å²) in [6, 6.07) is 0. The Morgan fingerprint density at radius 2 is 1.32 bits per heavy atom. The SMILES string of the molecule is CC(=O)C1(C(=O)OC(C)(C)CCOC(C)(C)CCOC(=O)C2(C(=O)P)CCC2)CCC1. The van der Waals surface area contributed by atoms with E-state index in [1.54, 1.807) is 0 Å². The molecule has 2 rings (SSSR count). The Labute approximate surface area is 187 Å². The lowest BCUT2D eigenvalue weighted by Crippen LogP contribution is -2.48. The van der Waals surface area contributed by atoms with E-state index in [0.717, 1.165) is 12.8 Å². The Bertz CT molecular complexity index is 717. The first kappa shape index (κ1) is 25.9. The van der Waals surface area contributed by atoms with Crippen molar-refractivity contribution in [2.24, 2.45) is 10.8 Å². The van der Waals surface area contributed by atoms with Crippen LogP contribution in [0.4, 0.5) is 0 Å². The van der Waals surface area contributed by atoms with Crippen molar-refractivity contribution >= 4 is 32.5 Å². The molecule has 2 aliphatic carbocycles. The molecule has 31 heavy (non-hydrogen) atoms. The standard InChI is InChI=1S/C23H37O7P/c1-16(24)22(8-6-9-22)18(26)30-21(4,5)13-15-29-20(2,3)12-14-28-17(25)23(19(27)31)10-7-11-23/h6-15,31H2,1-5H3. The minimum absolute atomic E-state index is 0.126. The highest BCUT2D eigenvalue weighted by Crippen LogP contribution is 2.45. The average molecular weight is 457 g/mol. The minimum Gasteiger partial charge on any atom is -0.465 e. The van der Waals surface area contributed by atoms with Crippen LogP contribution in [0.1, 0.15) is 86.0 Å². The van der Waals surface area contributed by atoms with E-state index in [9.17, 15) is 19.2 Å². The van der Waals surface area contributed by atoms with E-state index in [4.69, 9.17) is 14.2 Å². The van der Waals surface area contributed by atoms with Crippen LogP contribution in [0, 0.1) is 10.8 Å². The molecule has 0 spiro atoms. The second-order valence-electron chi connectivity index (χ2n) is 10.2. The van der Waals surface area contributed by atoms with E-state index >= 15 is 0 Å². The Morgan fingerprint density at radius 3 is 1.74 bits per heavy atom. The van der Waals surface area contributed by atoms with Gasteiger partial charge in [0.1, 0.15) is 22.2 Å². The third-order valence-electron chi connectivity index (χ3n) is 6.84. The van der Waals surface area contributed by atoms with E-state index in [2.05, 4.69) is 9.24 Å². The largest absolute Gasteiger partial charge is 0.465 e. The van der Waals surface area contributed by atoms with Gasteiger partial charge in [0.15, 0.2) is 5.52 Å². The van der Waals surface area contributed by atoms with Crippen molar-refractivity contribution in [1.29, 1.82) is 0 Å². The molecule has 0 aromatic carbocycles. The fourth-order valence-corrected chi connectivity index (χ4v) is 4.29. The highest BCUT2D eigenvalue weighted by Gasteiger charge is 2.51. The second-order valence-corrected chi connectivity index (χ2v) is 10.7. The molecule has 2 aliphatic rings. The van der Waals surface area contributed by atoms with Crippen molar-refractivity contribution in [2.75, 3.05) is 13.2 Å². The zero-order chi connectivity index (χ0) is 23.5. The van der Waals surface area contributed by atoms with Crippen molar-refractivity contribution in [3.63, 3.8) is 0 Å². The topological polar surface area (TPSA) is 96.0 Å². The van der Waals surface area contributed by atoms with Crippen LogP contribution >= 0.6 is 9.24 Å². The lowest BCUT2D eigenvalue weighted by molar-refractivity contribution is -0.179. The maximum atomic E-state index is 12.6. The van der Waals surface area contributed by atoms with Crippen LogP contribution in [0.3, 0.4) is 0 Å². The Hall–Kier alpha value is -1.33. The number of ketones is 1. The van der Waals surface area contributed by atoms with Crippen LogP contribution in [-0.2, 0) is 33.4 Å². The Kier molecular flexibility index (Phi) is 8.08. The zero-order valence-electron chi connectivity index (χ0n) is 19.5. The smallest absolute Gasteiger partial charge is 0.320 e. The normalized spacial score (nSPS) is 19.5. The maximum absolute atomic E-state index is 12.6. The molecule has 0 heterocycles. The van der Waals surface area contributed by atoms with E-state index in [0.29, 0.717) is 45.1 Å². The van der Waals surface area contributed by atoms with Gasteiger partial charge in [-0.15, -0.1) is 0 Å². The van der Waals surface area contributed by atoms with E-state index in [1.165, 1.54) is 6.92 Å². The lowest BCUT2D eigenvalue weighted by atomic mass is 9.66. The number of rotatable bonds is 12. The third-order valence-corrected chi connectivity index (χ3v) is 7.40. The number of hydrogen-bond donors (Lipinski definition) is 0. The van der Waals surface area contributed by atoms with Gasteiger partial charge < -0.3 is 14.2 Å². The lowest BCUT2D eigenvalue weighted by Gasteiger charge is -2.39. The quantitative estimate of drug-likeness (QED) is 0.251. The van der Waals surface area contributed by atoms with Gasteiger partial charge >= 0.3 is 11.9 Å². The van der Waals surface area contributed by atoms with Crippen molar-refractivity contribution in [2.45, 2.75) is 97.2 Å². The Morgan fingerprint density at radius 1 is 0.806 bits per heavy atom. The number of esters is 2. The molecule has 8 heteroatoms. The average Bonchev–Trinajstić information content (AvgIpc) is 2.50. The zero-order valence-corrected chi connectivity index (χ0v) is 20.7. The first-order chi connectivity index (χ1) is 14.3. The van der Waals surface area contributed by atoms with Gasteiger partial charge in [0, 0.05) is 12.8 Å². The molecule has 2 saturated carbocycles. The highest BCUT2D eigenvalue weighted by molar-refractivity contribution is 7.40. The van der Waals surface area contributed by atoms with Gasteiger partial charge in [-0.05, 0) is 60.3 Å².